The van der Waals surface area contributed by atoms with Crippen molar-refractivity contribution in [3.8, 4) is 17.6 Å². The molecule has 96 valence electrons. The van der Waals surface area contributed by atoms with Crippen LogP contribution in [0.25, 0.3) is 10.9 Å². The fourth-order valence-corrected chi connectivity index (χ4v) is 1.87. The smallest absolute Gasteiger partial charge is 0.390 e. The van der Waals surface area contributed by atoms with E-state index in [1.165, 1.54) is 0 Å². The number of nitrogens with one attached hydrogen (secondary N) is 1. The van der Waals surface area contributed by atoms with Crippen LogP contribution in [0.5, 0.6) is 5.75 Å². The number of aromatic nitrogens is 1. The molecule has 0 aliphatic carbocycles. The van der Waals surface area contributed by atoms with E-state index in [9.17, 15) is 4.79 Å². The number of rotatable bonds is 1. The highest BCUT2D eigenvalue weighted by Crippen LogP contribution is 2.19. The quantitative estimate of drug-likeness (QED) is 0.415. The summed E-state index contributed by atoms with van der Waals surface area (Å²) in [6.07, 6.45) is 1.84. The van der Waals surface area contributed by atoms with Gasteiger partial charge in [-0.1, -0.05) is 24.1 Å². The van der Waals surface area contributed by atoms with Crippen molar-refractivity contribution >= 4 is 16.9 Å². The molecule has 3 nitrogen and oxygen atoms in total. The van der Waals surface area contributed by atoms with Gasteiger partial charge in [-0.15, -0.1) is 0 Å². The number of ether oxygens (including phenoxy) is 1. The molecule has 2 aromatic carbocycles. The summed E-state index contributed by atoms with van der Waals surface area (Å²) in [7, 11) is 0. The fourth-order valence-electron chi connectivity index (χ4n) is 1.87. The average Bonchev–Trinajstić information content (AvgIpc) is 2.94. The van der Waals surface area contributed by atoms with Crippen LogP contribution in [0.15, 0.2) is 60.8 Å². The summed E-state index contributed by atoms with van der Waals surface area (Å²) in [4.78, 5) is 14.7. The van der Waals surface area contributed by atoms with E-state index >= 15 is 0 Å². The molecule has 3 heteroatoms. The lowest BCUT2D eigenvalue weighted by molar-refractivity contribution is -0.128. The summed E-state index contributed by atoms with van der Waals surface area (Å²) < 4.78 is 5.19. The molecule has 1 N–H and O–H groups in total. The van der Waals surface area contributed by atoms with Crippen molar-refractivity contribution in [1.29, 1.82) is 0 Å². The van der Waals surface area contributed by atoms with Crippen molar-refractivity contribution in [2.45, 2.75) is 0 Å². The Balaban J connectivity index is 1.74. The Morgan fingerprint density at radius 2 is 1.90 bits per heavy atom. The van der Waals surface area contributed by atoms with E-state index in [-0.39, 0.29) is 0 Å². The third kappa shape index (κ3) is 2.70. The number of carbonyl (C=O) groups is 1. The lowest BCUT2D eigenvalue weighted by Crippen LogP contribution is -2.04. The molecule has 3 rings (SSSR count). The molecule has 3 aromatic rings. The summed E-state index contributed by atoms with van der Waals surface area (Å²) in [6, 6.07) is 16.6. The predicted octanol–water partition coefficient (Wildman–Crippen LogP) is 3.13. The van der Waals surface area contributed by atoms with E-state index < -0.39 is 5.97 Å². The highest BCUT2D eigenvalue weighted by Gasteiger charge is 2.02. The van der Waals surface area contributed by atoms with Crippen LogP contribution in [0.3, 0.4) is 0 Å². The monoisotopic (exact) mass is 261 g/mol. The lowest BCUT2D eigenvalue weighted by atomic mass is 10.2. The minimum Gasteiger partial charge on any atom is -0.417 e. The van der Waals surface area contributed by atoms with Crippen molar-refractivity contribution in [2.75, 3.05) is 0 Å². The van der Waals surface area contributed by atoms with Gasteiger partial charge >= 0.3 is 5.97 Å². The topological polar surface area (TPSA) is 42.1 Å². The molecule has 0 saturated carbocycles. The average molecular weight is 261 g/mol. The standard InChI is InChI=1S/C17H11NO2/c19-17(9-6-13-4-2-1-3-5-13)20-15-7-8-16-14(12-15)10-11-18-16/h1-5,7-8,10-12,18H. The Kier molecular flexibility index (Phi) is 3.22. The molecule has 0 saturated heterocycles. The van der Waals surface area contributed by atoms with E-state index in [2.05, 4.69) is 16.8 Å². The van der Waals surface area contributed by atoms with E-state index in [1.54, 1.807) is 12.1 Å². The number of hydrogen-bond donors (Lipinski definition) is 1. The molecule has 1 aromatic heterocycles. The first-order chi connectivity index (χ1) is 9.81. The van der Waals surface area contributed by atoms with E-state index in [4.69, 9.17) is 4.74 Å². The number of hydrogen-bond acceptors (Lipinski definition) is 2. The molecule has 1 heterocycles. The summed E-state index contributed by atoms with van der Waals surface area (Å²) in [5, 5.41) is 0.992. The van der Waals surface area contributed by atoms with Crippen LogP contribution < -0.4 is 4.74 Å². The fraction of sp³-hybridized carbons (Fsp3) is 0. The number of fused-ring (bicyclic) bond motifs is 1. The zero-order chi connectivity index (χ0) is 13.8. The molecule has 20 heavy (non-hydrogen) atoms. The Morgan fingerprint density at radius 1 is 1.05 bits per heavy atom. The van der Waals surface area contributed by atoms with Crippen LogP contribution in [-0.2, 0) is 4.79 Å². The van der Waals surface area contributed by atoms with E-state index in [0.29, 0.717) is 5.75 Å². The molecule has 0 aliphatic heterocycles. The summed E-state index contributed by atoms with van der Waals surface area (Å²) >= 11 is 0. The second kappa shape index (κ2) is 5.33. The zero-order valence-electron chi connectivity index (χ0n) is 10.6. The van der Waals surface area contributed by atoms with Crippen molar-refractivity contribution in [3.05, 3.63) is 66.4 Å². The molecule has 0 bridgehead atoms. The number of benzene rings is 2. The van der Waals surface area contributed by atoms with Gasteiger partial charge in [-0.05, 0) is 36.4 Å². The van der Waals surface area contributed by atoms with Crippen LogP contribution >= 0.6 is 0 Å². The van der Waals surface area contributed by atoms with Crippen LogP contribution in [0.4, 0.5) is 0 Å². The second-order valence-corrected chi connectivity index (χ2v) is 4.23. The number of H-pyrrole nitrogens is 1. The van der Waals surface area contributed by atoms with Crippen LogP contribution in [0.1, 0.15) is 5.56 Å². The van der Waals surface area contributed by atoms with Gasteiger partial charge in [-0.2, -0.15) is 0 Å². The van der Waals surface area contributed by atoms with Gasteiger partial charge in [-0.25, -0.2) is 4.79 Å². The Labute approximate surface area is 116 Å². The Hall–Kier alpha value is -2.99. The third-order valence-corrected chi connectivity index (χ3v) is 2.82. The van der Waals surface area contributed by atoms with Gasteiger partial charge < -0.3 is 9.72 Å². The highest BCUT2D eigenvalue weighted by molar-refractivity contribution is 5.91. The number of aromatic amines is 1. The summed E-state index contributed by atoms with van der Waals surface area (Å²) in [5.41, 5.74) is 1.78. The van der Waals surface area contributed by atoms with E-state index in [0.717, 1.165) is 16.5 Å². The Morgan fingerprint density at radius 3 is 2.75 bits per heavy atom. The maximum Gasteiger partial charge on any atom is 0.390 e. The summed E-state index contributed by atoms with van der Waals surface area (Å²) in [6.45, 7) is 0. The molecule has 0 unspecified atom stereocenters. The van der Waals surface area contributed by atoms with Gasteiger partial charge in [0.2, 0.25) is 0 Å². The van der Waals surface area contributed by atoms with Gasteiger partial charge in [0.1, 0.15) is 5.75 Å². The molecular formula is C17H11NO2. The van der Waals surface area contributed by atoms with Gasteiger partial charge in [-0.3, -0.25) is 0 Å². The minimum atomic E-state index is -0.566. The third-order valence-electron chi connectivity index (χ3n) is 2.82. The molecule has 0 amide bonds. The molecular weight excluding hydrogens is 250 g/mol. The van der Waals surface area contributed by atoms with Crippen LogP contribution in [-0.4, -0.2) is 11.0 Å². The lowest BCUT2D eigenvalue weighted by Gasteiger charge is -1.99. The number of carbonyl (C=O) groups excluding carboxylic acids is 1. The first-order valence-electron chi connectivity index (χ1n) is 6.17. The first kappa shape index (κ1) is 12.1. The maximum absolute atomic E-state index is 11.7. The van der Waals surface area contributed by atoms with Crippen molar-refractivity contribution in [3.63, 3.8) is 0 Å². The highest BCUT2D eigenvalue weighted by atomic mass is 16.5. The van der Waals surface area contributed by atoms with Crippen LogP contribution in [0, 0.1) is 11.8 Å². The first-order valence-corrected chi connectivity index (χ1v) is 6.17. The molecule has 0 radical (unpaired) electrons. The minimum absolute atomic E-state index is 0.490. The van der Waals surface area contributed by atoms with Crippen molar-refractivity contribution in [1.82, 2.24) is 4.98 Å². The summed E-state index contributed by atoms with van der Waals surface area (Å²) in [5.74, 6) is 5.16. The SMILES string of the molecule is O=C(C#Cc1ccccc1)Oc1ccc2[nH]ccc2c1. The molecule has 0 fully saturated rings. The Bertz CT molecular complexity index is 807. The van der Waals surface area contributed by atoms with Crippen molar-refractivity contribution < 1.29 is 9.53 Å². The normalized spacial score (nSPS) is 9.80. The van der Waals surface area contributed by atoms with Gasteiger partial charge in [0.25, 0.3) is 0 Å². The van der Waals surface area contributed by atoms with Gasteiger partial charge in [0.15, 0.2) is 0 Å². The number of esters is 1. The van der Waals surface area contributed by atoms with E-state index in [1.807, 2.05) is 48.7 Å². The molecule has 0 spiro atoms. The predicted molar refractivity (Wildman–Crippen MR) is 77.3 cm³/mol. The van der Waals surface area contributed by atoms with Gasteiger partial charge in [0, 0.05) is 28.6 Å². The largest absolute Gasteiger partial charge is 0.417 e. The molecule has 0 aliphatic rings. The maximum atomic E-state index is 11.7. The second-order valence-electron chi connectivity index (χ2n) is 4.23. The van der Waals surface area contributed by atoms with Gasteiger partial charge in [0.05, 0.1) is 0 Å². The zero-order valence-corrected chi connectivity index (χ0v) is 10.6. The molecule has 0 atom stereocenters. The van der Waals surface area contributed by atoms with Crippen LogP contribution in [0.2, 0.25) is 0 Å². The van der Waals surface area contributed by atoms with Crippen molar-refractivity contribution in [2.24, 2.45) is 0 Å².